The molecule has 10 heteroatoms. The minimum Gasteiger partial charge on any atom is -0.495 e. The maximum atomic E-state index is 13.0. The fraction of sp³-hybridized carbons (Fsp3) is 0.364. The van der Waals surface area contributed by atoms with Gasteiger partial charge in [0.2, 0.25) is 15.9 Å². The van der Waals surface area contributed by atoms with Gasteiger partial charge in [-0.1, -0.05) is 23.7 Å². The van der Waals surface area contributed by atoms with E-state index in [4.69, 9.17) is 16.3 Å². The van der Waals surface area contributed by atoms with Crippen molar-refractivity contribution in [2.45, 2.75) is 39.3 Å². The summed E-state index contributed by atoms with van der Waals surface area (Å²) in [6.07, 6.45) is 1.000. The van der Waals surface area contributed by atoms with Crippen LogP contribution in [0.5, 0.6) is 5.75 Å². The van der Waals surface area contributed by atoms with Crippen LogP contribution in [0.4, 0.5) is 11.4 Å². The van der Waals surface area contributed by atoms with Crippen molar-refractivity contribution >= 4 is 44.8 Å². The van der Waals surface area contributed by atoms with Crippen LogP contribution in [0.2, 0.25) is 5.02 Å². The van der Waals surface area contributed by atoms with Gasteiger partial charge in [0.05, 0.1) is 35.3 Å². The van der Waals surface area contributed by atoms with E-state index in [1.807, 2.05) is 20.8 Å². The van der Waals surface area contributed by atoms with E-state index in [9.17, 15) is 18.0 Å². The molecule has 0 aliphatic carbocycles. The largest absolute Gasteiger partial charge is 0.495 e. The monoisotopic (exact) mass is 481 g/mol. The van der Waals surface area contributed by atoms with Crippen LogP contribution in [0.1, 0.15) is 38.1 Å². The Bertz CT molecular complexity index is 1110. The molecule has 2 aromatic carbocycles. The first-order valence-corrected chi connectivity index (χ1v) is 12.0. The van der Waals surface area contributed by atoms with Crippen LogP contribution in [-0.4, -0.2) is 45.2 Å². The first-order chi connectivity index (χ1) is 14.7. The van der Waals surface area contributed by atoms with Gasteiger partial charge in [0.15, 0.2) is 0 Å². The summed E-state index contributed by atoms with van der Waals surface area (Å²) in [6, 6.07) is 9.82. The minimum absolute atomic E-state index is 0.204. The second-order valence-electron chi connectivity index (χ2n) is 8.29. The van der Waals surface area contributed by atoms with E-state index in [1.54, 1.807) is 24.3 Å². The molecule has 0 spiro atoms. The number of carbonyl (C=O) groups excluding carboxylic acids is 2. The number of ether oxygens (including phenoxy) is 1. The van der Waals surface area contributed by atoms with Crippen molar-refractivity contribution in [2.24, 2.45) is 0 Å². The number of halogens is 1. The van der Waals surface area contributed by atoms with Crippen molar-refractivity contribution in [3.8, 4) is 5.75 Å². The number of sulfonamides is 1. The fourth-order valence-electron chi connectivity index (χ4n) is 3.04. The van der Waals surface area contributed by atoms with Gasteiger partial charge in [-0.2, -0.15) is 0 Å². The molecule has 0 fully saturated rings. The van der Waals surface area contributed by atoms with Gasteiger partial charge in [0, 0.05) is 5.54 Å². The molecule has 2 N–H and O–H groups in total. The maximum Gasteiger partial charge on any atom is 0.253 e. The summed E-state index contributed by atoms with van der Waals surface area (Å²) in [5, 5.41) is 5.72. The molecule has 1 atom stereocenters. The van der Waals surface area contributed by atoms with Gasteiger partial charge >= 0.3 is 0 Å². The summed E-state index contributed by atoms with van der Waals surface area (Å²) < 4.78 is 31.1. The average Bonchev–Trinajstić information content (AvgIpc) is 2.66. The summed E-state index contributed by atoms with van der Waals surface area (Å²) in [5.74, 6) is -0.596. The Balaban J connectivity index is 2.36. The quantitative estimate of drug-likeness (QED) is 0.627. The number of rotatable bonds is 7. The zero-order valence-electron chi connectivity index (χ0n) is 18.9. The normalized spacial score (nSPS) is 12.6. The number of benzene rings is 2. The molecule has 2 rings (SSSR count). The van der Waals surface area contributed by atoms with Gasteiger partial charge in [-0.05, 0) is 58.0 Å². The summed E-state index contributed by atoms with van der Waals surface area (Å²) in [7, 11) is -2.40. The van der Waals surface area contributed by atoms with E-state index in [-0.39, 0.29) is 27.9 Å². The van der Waals surface area contributed by atoms with Gasteiger partial charge in [-0.25, -0.2) is 8.42 Å². The van der Waals surface area contributed by atoms with Crippen LogP contribution < -0.4 is 19.7 Å². The second kappa shape index (κ2) is 9.79. The summed E-state index contributed by atoms with van der Waals surface area (Å²) >= 11 is 6.15. The molecule has 174 valence electrons. The highest BCUT2D eigenvalue weighted by Gasteiger charge is 2.30. The van der Waals surface area contributed by atoms with Crippen molar-refractivity contribution in [1.82, 2.24) is 5.32 Å². The molecule has 0 saturated carbocycles. The average molecular weight is 482 g/mol. The van der Waals surface area contributed by atoms with Crippen LogP contribution >= 0.6 is 11.6 Å². The molecule has 0 saturated heterocycles. The number of amides is 2. The Morgan fingerprint density at radius 2 is 1.75 bits per heavy atom. The zero-order chi connectivity index (χ0) is 24.3. The predicted octanol–water partition coefficient (Wildman–Crippen LogP) is 3.67. The lowest BCUT2D eigenvalue weighted by Gasteiger charge is -2.29. The Kier molecular flexibility index (Phi) is 7.79. The molecule has 2 aromatic rings. The number of hydrogen-bond donors (Lipinski definition) is 2. The third-order valence-electron chi connectivity index (χ3n) is 4.40. The van der Waals surface area contributed by atoms with E-state index in [0.29, 0.717) is 5.75 Å². The molecule has 0 aliphatic rings. The Hall–Kier alpha value is -2.78. The van der Waals surface area contributed by atoms with Gasteiger partial charge < -0.3 is 15.4 Å². The van der Waals surface area contributed by atoms with E-state index in [1.165, 1.54) is 32.2 Å². The molecular weight excluding hydrogens is 454 g/mol. The number of para-hydroxylation sites is 1. The molecule has 0 unspecified atom stereocenters. The van der Waals surface area contributed by atoms with Crippen molar-refractivity contribution in [2.75, 3.05) is 23.0 Å². The second-order valence-corrected chi connectivity index (χ2v) is 10.6. The number of methoxy groups -OCH3 is 1. The van der Waals surface area contributed by atoms with Crippen LogP contribution in [-0.2, 0) is 14.8 Å². The van der Waals surface area contributed by atoms with Crippen LogP contribution in [0, 0.1) is 0 Å². The molecule has 8 nitrogen and oxygen atoms in total. The highest BCUT2D eigenvalue weighted by atomic mass is 35.5. The topological polar surface area (TPSA) is 105 Å². The van der Waals surface area contributed by atoms with E-state index in [0.717, 1.165) is 10.6 Å². The smallest absolute Gasteiger partial charge is 0.253 e. The van der Waals surface area contributed by atoms with Gasteiger partial charge in [-0.3, -0.25) is 13.9 Å². The number of hydrogen-bond acceptors (Lipinski definition) is 5. The van der Waals surface area contributed by atoms with Gasteiger partial charge in [0.25, 0.3) is 5.91 Å². The van der Waals surface area contributed by atoms with Crippen LogP contribution in [0.15, 0.2) is 42.5 Å². The summed E-state index contributed by atoms with van der Waals surface area (Å²) in [6.45, 7) is 6.99. The third kappa shape index (κ3) is 6.37. The van der Waals surface area contributed by atoms with Crippen molar-refractivity contribution in [3.63, 3.8) is 0 Å². The van der Waals surface area contributed by atoms with Gasteiger partial charge in [-0.15, -0.1) is 0 Å². The van der Waals surface area contributed by atoms with Crippen molar-refractivity contribution < 1.29 is 22.7 Å². The lowest BCUT2D eigenvalue weighted by Crippen LogP contribution is -2.45. The first kappa shape index (κ1) is 25.5. The highest BCUT2D eigenvalue weighted by Crippen LogP contribution is 2.31. The zero-order valence-corrected chi connectivity index (χ0v) is 20.5. The molecule has 0 aliphatic heterocycles. The standard InChI is InChI=1S/C22H28ClN3O5S/c1-14(26(32(6,29)30)15-11-12-19(31-5)17(23)13-15)20(27)24-18-10-8-7-9-16(18)21(28)25-22(2,3)4/h7-14H,1-6H3,(H,24,27)(H,25,28)/t14-/m1/s1. The summed E-state index contributed by atoms with van der Waals surface area (Å²) in [4.78, 5) is 25.7. The third-order valence-corrected chi connectivity index (χ3v) is 5.93. The SMILES string of the molecule is COc1ccc(N([C@H](C)C(=O)Nc2ccccc2C(=O)NC(C)(C)C)S(C)(=O)=O)cc1Cl. The maximum absolute atomic E-state index is 13.0. The van der Waals surface area contributed by atoms with Crippen LogP contribution in [0.3, 0.4) is 0 Å². The number of nitrogens with zero attached hydrogens (tertiary/aromatic N) is 1. The molecule has 32 heavy (non-hydrogen) atoms. The van der Waals surface area contributed by atoms with Crippen molar-refractivity contribution in [3.05, 3.63) is 53.1 Å². The van der Waals surface area contributed by atoms with Crippen molar-refractivity contribution in [1.29, 1.82) is 0 Å². The number of anilines is 2. The molecule has 0 aromatic heterocycles. The van der Waals surface area contributed by atoms with E-state index >= 15 is 0 Å². The molecule has 0 heterocycles. The molecular formula is C22H28ClN3O5S. The van der Waals surface area contributed by atoms with Crippen LogP contribution in [0.25, 0.3) is 0 Å². The first-order valence-electron chi connectivity index (χ1n) is 9.80. The van der Waals surface area contributed by atoms with E-state index in [2.05, 4.69) is 10.6 Å². The minimum atomic E-state index is -3.85. The molecule has 0 bridgehead atoms. The Morgan fingerprint density at radius 1 is 1.12 bits per heavy atom. The highest BCUT2D eigenvalue weighted by molar-refractivity contribution is 7.92. The number of nitrogens with one attached hydrogen (secondary N) is 2. The van der Waals surface area contributed by atoms with Gasteiger partial charge in [0.1, 0.15) is 11.8 Å². The van der Waals surface area contributed by atoms with E-state index < -0.39 is 27.5 Å². The lowest BCUT2D eigenvalue weighted by atomic mass is 10.1. The number of carbonyl (C=O) groups is 2. The summed E-state index contributed by atoms with van der Waals surface area (Å²) in [5.41, 5.74) is 0.274. The molecule has 2 amide bonds. The lowest BCUT2D eigenvalue weighted by molar-refractivity contribution is -0.116. The predicted molar refractivity (Wildman–Crippen MR) is 127 cm³/mol. The Labute approximate surface area is 193 Å². The fourth-order valence-corrected chi connectivity index (χ4v) is 4.46. The Morgan fingerprint density at radius 3 is 2.28 bits per heavy atom. The molecule has 0 radical (unpaired) electrons.